The number of hydrogen-bond acceptors (Lipinski definition) is 5. The first-order chi connectivity index (χ1) is 11.7. The van der Waals surface area contributed by atoms with E-state index in [1.807, 2.05) is 51.1 Å². The Morgan fingerprint density at radius 1 is 1.24 bits per heavy atom. The number of hydrogen-bond donors (Lipinski definition) is 0. The van der Waals surface area contributed by atoms with Crippen molar-refractivity contribution in [3.8, 4) is 0 Å². The third kappa shape index (κ3) is 5.31. The lowest BCUT2D eigenvalue weighted by Gasteiger charge is -2.26. The maximum absolute atomic E-state index is 12.5. The highest BCUT2D eigenvalue weighted by Crippen LogP contribution is 2.31. The van der Waals surface area contributed by atoms with E-state index in [-0.39, 0.29) is 28.8 Å². The van der Waals surface area contributed by atoms with Crippen LogP contribution in [0.25, 0.3) is 0 Å². The topological polar surface area (TPSA) is 65.1 Å². The second kappa shape index (κ2) is 8.35. The molecule has 1 heterocycles. The van der Waals surface area contributed by atoms with Gasteiger partial charge < -0.3 is 14.2 Å². The Bertz CT molecular complexity index is 601. The Morgan fingerprint density at radius 2 is 1.88 bits per heavy atom. The highest BCUT2D eigenvalue weighted by molar-refractivity contribution is 14.1. The molecule has 25 heavy (non-hydrogen) atoms. The summed E-state index contributed by atoms with van der Waals surface area (Å²) in [4.78, 5) is 26.1. The van der Waals surface area contributed by atoms with Crippen LogP contribution in [0, 0.1) is 0 Å². The van der Waals surface area contributed by atoms with Gasteiger partial charge >= 0.3 is 12.1 Å². The fourth-order valence-electron chi connectivity index (χ4n) is 2.71. The smallest absolute Gasteiger partial charge is 0.410 e. The summed E-state index contributed by atoms with van der Waals surface area (Å²) in [5.41, 5.74) is 0.511. The molecule has 0 bridgehead atoms. The molecule has 1 amide bonds. The minimum atomic E-state index is -0.721. The van der Waals surface area contributed by atoms with Gasteiger partial charge in [-0.05, 0) is 26.3 Å². The van der Waals surface area contributed by atoms with Gasteiger partial charge in [0.1, 0.15) is 12.6 Å². The van der Waals surface area contributed by atoms with Crippen LogP contribution in [0.5, 0.6) is 0 Å². The van der Waals surface area contributed by atoms with Gasteiger partial charge in [0.25, 0.3) is 0 Å². The summed E-state index contributed by atoms with van der Waals surface area (Å²) < 4.78 is 16.1. The summed E-state index contributed by atoms with van der Waals surface area (Å²) in [6.45, 7) is 6.28. The van der Waals surface area contributed by atoms with Crippen molar-refractivity contribution < 1.29 is 23.8 Å². The van der Waals surface area contributed by atoms with Crippen molar-refractivity contribution in [2.75, 3.05) is 13.7 Å². The first kappa shape index (κ1) is 20.0. The van der Waals surface area contributed by atoms with Crippen LogP contribution in [-0.2, 0) is 25.6 Å². The Morgan fingerprint density at radius 3 is 2.44 bits per heavy atom. The van der Waals surface area contributed by atoms with Crippen molar-refractivity contribution in [2.24, 2.45) is 0 Å². The van der Waals surface area contributed by atoms with E-state index in [2.05, 4.69) is 22.6 Å². The maximum Gasteiger partial charge on any atom is 0.410 e. The normalized spacial score (nSPS) is 23.4. The molecule has 0 radical (unpaired) electrons. The molecule has 2 rings (SSSR count). The van der Waals surface area contributed by atoms with Crippen molar-refractivity contribution >= 4 is 34.7 Å². The lowest BCUT2D eigenvalue weighted by molar-refractivity contribution is -0.145. The summed E-state index contributed by atoms with van der Waals surface area (Å²) in [6.07, 6.45) is -0.810. The predicted molar refractivity (Wildman–Crippen MR) is 102 cm³/mol. The molecule has 0 aromatic heterocycles. The monoisotopic (exact) mass is 461 g/mol. The Labute approximate surface area is 161 Å². The van der Waals surface area contributed by atoms with Crippen molar-refractivity contribution in [3.05, 3.63) is 35.9 Å². The van der Waals surface area contributed by atoms with Crippen LogP contribution in [-0.4, -0.2) is 52.3 Å². The van der Waals surface area contributed by atoms with Crippen molar-refractivity contribution in [2.45, 2.75) is 49.0 Å². The number of benzene rings is 1. The zero-order valence-electron chi connectivity index (χ0n) is 14.9. The van der Waals surface area contributed by atoms with E-state index < -0.39 is 18.1 Å². The highest BCUT2D eigenvalue weighted by Gasteiger charge is 2.49. The second-order valence-corrected chi connectivity index (χ2v) is 8.31. The third-order valence-corrected chi connectivity index (χ3v) is 5.24. The molecule has 138 valence electrons. The quantitative estimate of drug-likeness (QED) is 0.392. The number of amides is 1. The number of halogens is 1. The molecule has 3 atom stereocenters. The molecule has 1 aliphatic heterocycles. The Hall–Kier alpha value is -1.35. The van der Waals surface area contributed by atoms with E-state index in [9.17, 15) is 9.59 Å². The molecule has 7 heteroatoms. The molecule has 1 fully saturated rings. The number of esters is 1. The van der Waals surface area contributed by atoms with Gasteiger partial charge in [0.15, 0.2) is 0 Å². The predicted octanol–water partition coefficient (Wildman–Crippen LogP) is 3.17. The third-order valence-electron chi connectivity index (χ3n) is 3.76. The molecule has 1 aliphatic rings. The van der Waals surface area contributed by atoms with E-state index >= 15 is 0 Å². The number of nitrogens with zero attached hydrogens (tertiary/aromatic N) is 1. The summed E-state index contributed by atoms with van der Waals surface area (Å²) in [5, 5.41) is 0. The summed E-state index contributed by atoms with van der Waals surface area (Å²) in [6, 6.07) is 8.69. The fourth-order valence-corrected chi connectivity index (χ4v) is 3.76. The lowest BCUT2D eigenvalue weighted by atomic mass is 10.1. The van der Waals surface area contributed by atoms with Crippen LogP contribution in [0.4, 0.5) is 4.79 Å². The average Bonchev–Trinajstić information content (AvgIpc) is 2.88. The molecule has 1 saturated heterocycles. The number of carbonyl (C=O) groups excluding carboxylic acids is 2. The number of rotatable bonds is 4. The number of likely N-dealkylation sites (tertiary alicyclic amines) is 1. The fraction of sp³-hybridized carbons (Fsp3) is 0.556. The molecule has 1 aromatic rings. The lowest BCUT2D eigenvalue weighted by Crippen LogP contribution is -2.44. The highest BCUT2D eigenvalue weighted by atomic mass is 127. The molecule has 2 unspecified atom stereocenters. The first-order valence-corrected chi connectivity index (χ1v) is 9.34. The van der Waals surface area contributed by atoms with E-state index in [1.54, 1.807) is 0 Å². The zero-order chi connectivity index (χ0) is 18.6. The summed E-state index contributed by atoms with van der Waals surface area (Å²) in [5.74, 6) is -0.462. The van der Waals surface area contributed by atoms with Gasteiger partial charge in [-0.1, -0.05) is 52.9 Å². The van der Waals surface area contributed by atoms with Gasteiger partial charge in [-0.15, -0.1) is 0 Å². The molecule has 6 nitrogen and oxygen atoms in total. The van der Waals surface area contributed by atoms with Gasteiger partial charge in [0, 0.05) is 0 Å². The van der Waals surface area contributed by atoms with Gasteiger partial charge in [0.2, 0.25) is 0 Å². The van der Waals surface area contributed by atoms with Crippen molar-refractivity contribution in [3.63, 3.8) is 0 Å². The van der Waals surface area contributed by atoms with Crippen LogP contribution in [0.2, 0.25) is 0 Å². The minimum Gasteiger partial charge on any atom is -0.467 e. The molecular weight excluding hydrogens is 437 g/mol. The number of methoxy groups -OCH3 is 1. The molecule has 0 N–H and O–H groups in total. The van der Waals surface area contributed by atoms with Crippen LogP contribution in [0.15, 0.2) is 30.3 Å². The van der Waals surface area contributed by atoms with Crippen molar-refractivity contribution in [1.82, 2.24) is 4.90 Å². The second-order valence-electron chi connectivity index (χ2n) is 6.87. The van der Waals surface area contributed by atoms with Crippen LogP contribution < -0.4 is 0 Å². The van der Waals surface area contributed by atoms with Gasteiger partial charge in [-0.25, -0.2) is 9.59 Å². The largest absolute Gasteiger partial charge is 0.467 e. The number of alkyl halides is 1. The molecular formula is C18H24INO5. The van der Waals surface area contributed by atoms with Crippen LogP contribution in [0.3, 0.4) is 0 Å². The Kier molecular flexibility index (Phi) is 6.67. The summed E-state index contributed by atoms with van der Waals surface area (Å²) >= 11 is 2.15. The molecule has 0 spiro atoms. The number of carbonyl (C=O) groups is 2. The average molecular weight is 461 g/mol. The van der Waals surface area contributed by atoms with Crippen LogP contribution in [0.1, 0.15) is 26.3 Å². The number of ether oxygens (including phenoxy) is 3. The minimum absolute atomic E-state index is 0.154. The zero-order valence-corrected chi connectivity index (χ0v) is 17.1. The molecule has 0 aliphatic carbocycles. The molecule has 1 aromatic carbocycles. The van der Waals surface area contributed by atoms with Gasteiger partial charge in [-0.3, -0.25) is 4.90 Å². The van der Waals surface area contributed by atoms with E-state index in [1.165, 1.54) is 12.0 Å². The van der Waals surface area contributed by atoms with E-state index in [0.29, 0.717) is 0 Å². The van der Waals surface area contributed by atoms with E-state index in [4.69, 9.17) is 14.2 Å². The van der Waals surface area contributed by atoms with Crippen LogP contribution >= 0.6 is 22.6 Å². The molecule has 0 saturated carbocycles. The standard InChI is InChI=1S/C18H24INO5/c1-18(2,3)25-13-10-20(15(14(13)19)16(21)23-4)17(22)24-11-12-8-6-5-7-9-12/h5-9,13-15H,10-11H2,1-4H3/t13?,14?,15-/m0/s1. The summed E-state index contributed by atoms with van der Waals surface area (Å²) in [7, 11) is 1.32. The van der Waals surface area contributed by atoms with Gasteiger partial charge in [0.05, 0.1) is 29.3 Å². The van der Waals surface area contributed by atoms with Crippen molar-refractivity contribution in [1.29, 1.82) is 0 Å². The van der Waals surface area contributed by atoms with Gasteiger partial charge in [-0.2, -0.15) is 0 Å². The first-order valence-electron chi connectivity index (χ1n) is 8.10. The Balaban J connectivity index is 2.09. The van der Waals surface area contributed by atoms with E-state index in [0.717, 1.165) is 5.56 Å². The maximum atomic E-state index is 12.5. The SMILES string of the molecule is COC(=O)[C@@H]1C(I)C(OC(C)(C)C)CN1C(=O)OCc1ccccc1.